The number of rotatable bonds is 4. The minimum Gasteiger partial charge on any atom is -0.399 e. The van der Waals surface area contributed by atoms with Crippen molar-refractivity contribution in [2.24, 2.45) is 0 Å². The molecule has 27 heavy (non-hydrogen) atoms. The molecule has 2 N–H and O–H groups in total. The van der Waals surface area contributed by atoms with Crippen molar-refractivity contribution in [2.45, 2.75) is 37.9 Å². The van der Waals surface area contributed by atoms with Crippen molar-refractivity contribution in [3.8, 4) is 0 Å². The number of nitrogen functional groups attached to an aromatic ring is 1. The molecule has 2 saturated heterocycles. The number of nitrogens with zero attached hydrogens (tertiary/aromatic N) is 2. The molecule has 2 heterocycles. The number of amides is 2. The fourth-order valence-electron chi connectivity index (χ4n) is 3.85. The van der Waals surface area contributed by atoms with Gasteiger partial charge in [0, 0.05) is 57.2 Å². The van der Waals surface area contributed by atoms with Crippen LogP contribution in [0.2, 0.25) is 0 Å². The van der Waals surface area contributed by atoms with Gasteiger partial charge in [0.15, 0.2) is 0 Å². The Morgan fingerprint density at radius 1 is 0.815 bits per heavy atom. The summed E-state index contributed by atoms with van der Waals surface area (Å²) >= 11 is 0. The van der Waals surface area contributed by atoms with Crippen LogP contribution in [0.3, 0.4) is 0 Å². The lowest BCUT2D eigenvalue weighted by Crippen LogP contribution is -2.41. The molecular formula is C20H29N3O4. The van der Waals surface area contributed by atoms with Crippen molar-refractivity contribution < 1.29 is 19.1 Å². The van der Waals surface area contributed by atoms with Crippen molar-refractivity contribution in [1.82, 2.24) is 9.80 Å². The molecule has 0 spiro atoms. The first kappa shape index (κ1) is 19.6. The van der Waals surface area contributed by atoms with Crippen LogP contribution in [0.5, 0.6) is 0 Å². The van der Waals surface area contributed by atoms with E-state index in [4.69, 9.17) is 15.2 Å². The third-order valence-corrected chi connectivity index (χ3v) is 5.57. The normalized spacial score (nSPS) is 19.3. The molecule has 1 aromatic carbocycles. The van der Waals surface area contributed by atoms with Crippen LogP contribution >= 0.6 is 0 Å². The Morgan fingerprint density at radius 3 is 1.52 bits per heavy atom. The minimum atomic E-state index is -0.0796. The zero-order chi connectivity index (χ0) is 19.4. The summed E-state index contributed by atoms with van der Waals surface area (Å²) in [6, 6.07) is 4.98. The number of piperidine rings is 2. The summed E-state index contributed by atoms with van der Waals surface area (Å²) in [6.07, 6.45) is 3.72. The summed E-state index contributed by atoms with van der Waals surface area (Å²) < 4.78 is 10.7. The topological polar surface area (TPSA) is 85.1 Å². The van der Waals surface area contributed by atoms with Crippen LogP contribution in [0.15, 0.2) is 18.2 Å². The summed E-state index contributed by atoms with van der Waals surface area (Å²) in [5, 5.41) is 0. The molecule has 3 rings (SSSR count). The predicted octanol–water partition coefficient (Wildman–Crippen LogP) is 1.77. The van der Waals surface area contributed by atoms with Crippen LogP contribution in [0.1, 0.15) is 46.4 Å². The van der Waals surface area contributed by atoms with E-state index in [9.17, 15) is 9.59 Å². The number of carbonyl (C=O) groups excluding carboxylic acids is 2. The highest BCUT2D eigenvalue weighted by atomic mass is 16.5. The Morgan fingerprint density at radius 2 is 1.19 bits per heavy atom. The zero-order valence-corrected chi connectivity index (χ0v) is 16.1. The number of anilines is 1. The molecule has 0 unspecified atom stereocenters. The second-order valence-electron chi connectivity index (χ2n) is 7.30. The van der Waals surface area contributed by atoms with E-state index in [-0.39, 0.29) is 24.0 Å². The molecule has 0 saturated carbocycles. The van der Waals surface area contributed by atoms with Gasteiger partial charge in [-0.2, -0.15) is 0 Å². The van der Waals surface area contributed by atoms with Gasteiger partial charge in [-0.25, -0.2) is 0 Å². The molecule has 0 aliphatic carbocycles. The van der Waals surface area contributed by atoms with E-state index < -0.39 is 0 Å². The van der Waals surface area contributed by atoms with E-state index in [2.05, 4.69) is 0 Å². The highest BCUT2D eigenvalue weighted by molar-refractivity contribution is 6.01. The molecule has 0 radical (unpaired) electrons. The highest BCUT2D eigenvalue weighted by Crippen LogP contribution is 2.21. The maximum atomic E-state index is 12.9. The van der Waals surface area contributed by atoms with Gasteiger partial charge < -0.3 is 25.0 Å². The first-order valence-electron chi connectivity index (χ1n) is 9.56. The zero-order valence-electron chi connectivity index (χ0n) is 16.1. The monoisotopic (exact) mass is 375 g/mol. The lowest BCUT2D eigenvalue weighted by molar-refractivity contribution is 0.0350. The molecular weight excluding hydrogens is 346 g/mol. The fourth-order valence-corrected chi connectivity index (χ4v) is 3.85. The largest absolute Gasteiger partial charge is 0.399 e. The van der Waals surface area contributed by atoms with Gasteiger partial charge in [-0.1, -0.05) is 0 Å². The van der Waals surface area contributed by atoms with Crippen molar-refractivity contribution in [2.75, 3.05) is 46.1 Å². The quantitative estimate of drug-likeness (QED) is 0.811. The molecule has 1 aromatic rings. The number of carbonyl (C=O) groups is 2. The van der Waals surface area contributed by atoms with Crippen LogP contribution in [0.25, 0.3) is 0 Å². The molecule has 0 bridgehead atoms. The van der Waals surface area contributed by atoms with E-state index in [1.54, 1.807) is 32.4 Å². The molecule has 2 amide bonds. The summed E-state index contributed by atoms with van der Waals surface area (Å²) in [7, 11) is 3.40. The third-order valence-electron chi connectivity index (χ3n) is 5.57. The highest BCUT2D eigenvalue weighted by Gasteiger charge is 2.26. The standard InChI is InChI=1S/C20H29N3O4/c1-26-17-3-7-22(8-4-17)19(24)14-11-15(13-16(21)12-14)20(25)23-9-5-18(27-2)6-10-23/h11-13,17-18H,3-10,21H2,1-2H3. The number of ether oxygens (including phenoxy) is 2. The number of methoxy groups -OCH3 is 2. The summed E-state index contributed by atoms with van der Waals surface area (Å²) in [5.74, 6) is -0.159. The lowest BCUT2D eigenvalue weighted by Gasteiger charge is -2.32. The molecule has 2 fully saturated rings. The van der Waals surface area contributed by atoms with Gasteiger partial charge in [-0.05, 0) is 43.9 Å². The van der Waals surface area contributed by atoms with Gasteiger partial charge in [-0.3, -0.25) is 9.59 Å². The smallest absolute Gasteiger partial charge is 0.253 e. The molecule has 2 aliphatic heterocycles. The van der Waals surface area contributed by atoms with E-state index in [1.807, 2.05) is 9.80 Å². The van der Waals surface area contributed by atoms with Crippen LogP contribution in [-0.2, 0) is 9.47 Å². The Kier molecular flexibility index (Phi) is 6.34. The molecule has 0 atom stereocenters. The van der Waals surface area contributed by atoms with Crippen molar-refractivity contribution >= 4 is 17.5 Å². The van der Waals surface area contributed by atoms with Gasteiger partial charge >= 0.3 is 0 Å². The third kappa shape index (κ3) is 4.59. The van der Waals surface area contributed by atoms with E-state index in [0.717, 1.165) is 25.7 Å². The Bertz CT molecular complexity index is 624. The van der Waals surface area contributed by atoms with Gasteiger partial charge in [-0.15, -0.1) is 0 Å². The van der Waals surface area contributed by atoms with E-state index >= 15 is 0 Å². The Labute approximate surface area is 160 Å². The minimum absolute atomic E-state index is 0.0796. The number of likely N-dealkylation sites (tertiary alicyclic amines) is 2. The van der Waals surface area contributed by atoms with Gasteiger partial charge in [0.2, 0.25) is 0 Å². The van der Waals surface area contributed by atoms with Crippen LogP contribution in [0, 0.1) is 0 Å². The van der Waals surface area contributed by atoms with Gasteiger partial charge in [0.25, 0.3) is 11.8 Å². The Balaban J connectivity index is 1.70. The molecule has 2 aliphatic rings. The lowest BCUT2D eigenvalue weighted by atomic mass is 10.0. The summed E-state index contributed by atoms with van der Waals surface area (Å²) in [5.41, 5.74) is 7.38. The van der Waals surface area contributed by atoms with Crippen molar-refractivity contribution in [3.05, 3.63) is 29.3 Å². The molecule has 7 heteroatoms. The van der Waals surface area contributed by atoms with Crippen LogP contribution in [-0.4, -0.2) is 74.2 Å². The first-order chi connectivity index (χ1) is 13.0. The number of hydrogen-bond acceptors (Lipinski definition) is 5. The summed E-state index contributed by atoms with van der Waals surface area (Å²) in [6.45, 7) is 2.61. The second-order valence-corrected chi connectivity index (χ2v) is 7.30. The van der Waals surface area contributed by atoms with Crippen molar-refractivity contribution in [3.63, 3.8) is 0 Å². The van der Waals surface area contributed by atoms with Crippen LogP contribution < -0.4 is 5.73 Å². The summed E-state index contributed by atoms with van der Waals surface area (Å²) in [4.78, 5) is 29.4. The maximum absolute atomic E-state index is 12.9. The fraction of sp³-hybridized carbons (Fsp3) is 0.600. The SMILES string of the molecule is COC1CCN(C(=O)c2cc(N)cc(C(=O)N3CCC(OC)CC3)c2)CC1. The number of hydrogen-bond donors (Lipinski definition) is 1. The molecule has 0 aromatic heterocycles. The van der Waals surface area contributed by atoms with E-state index in [0.29, 0.717) is 43.0 Å². The molecule has 7 nitrogen and oxygen atoms in total. The van der Waals surface area contributed by atoms with Crippen LogP contribution in [0.4, 0.5) is 5.69 Å². The van der Waals surface area contributed by atoms with E-state index in [1.165, 1.54) is 0 Å². The maximum Gasteiger partial charge on any atom is 0.253 e. The average molecular weight is 375 g/mol. The number of nitrogens with two attached hydrogens (primary N) is 1. The molecule has 148 valence electrons. The Hall–Kier alpha value is -2.12. The van der Waals surface area contributed by atoms with Gasteiger partial charge in [0.05, 0.1) is 12.2 Å². The van der Waals surface area contributed by atoms with Crippen molar-refractivity contribution in [1.29, 1.82) is 0 Å². The second kappa shape index (κ2) is 8.71. The average Bonchev–Trinajstić information content (AvgIpc) is 2.72. The number of benzene rings is 1. The predicted molar refractivity (Wildman–Crippen MR) is 103 cm³/mol. The first-order valence-corrected chi connectivity index (χ1v) is 9.56. The van der Waals surface area contributed by atoms with Gasteiger partial charge in [0.1, 0.15) is 0 Å².